The monoisotopic (exact) mass is 204 g/mol. The molecule has 2 rings (SSSR count). The van der Waals surface area contributed by atoms with E-state index >= 15 is 0 Å². The molecule has 0 saturated heterocycles. The zero-order valence-electron chi connectivity index (χ0n) is 9.66. The van der Waals surface area contributed by atoms with Crippen molar-refractivity contribution in [2.24, 2.45) is 11.7 Å². The van der Waals surface area contributed by atoms with Gasteiger partial charge >= 0.3 is 0 Å². The number of hydrogen-bond acceptors (Lipinski definition) is 2. The predicted molar refractivity (Wildman–Crippen MR) is 62.7 cm³/mol. The Labute approximate surface area is 91.9 Å². The Morgan fingerprint density at radius 3 is 2.67 bits per heavy atom. The normalized spacial score (nSPS) is 18.1. The average molecular weight is 204 g/mol. The maximum atomic E-state index is 5.81. The smallest absolute Gasteiger partial charge is 0.0481 e. The van der Waals surface area contributed by atoms with Crippen molar-refractivity contribution in [3.05, 3.63) is 29.6 Å². The second-order valence-electron chi connectivity index (χ2n) is 5.10. The molecule has 1 aromatic rings. The highest BCUT2D eigenvalue weighted by Gasteiger charge is 2.44. The van der Waals surface area contributed by atoms with Crippen LogP contribution in [0.4, 0.5) is 0 Å². The van der Waals surface area contributed by atoms with Gasteiger partial charge < -0.3 is 5.73 Å². The summed E-state index contributed by atoms with van der Waals surface area (Å²) in [5.41, 5.74) is 8.46. The highest BCUT2D eigenvalue weighted by atomic mass is 14.8. The highest BCUT2D eigenvalue weighted by molar-refractivity contribution is 5.27. The van der Waals surface area contributed by atoms with Gasteiger partial charge in [0.25, 0.3) is 0 Å². The van der Waals surface area contributed by atoms with E-state index in [-0.39, 0.29) is 5.41 Å². The van der Waals surface area contributed by atoms with Crippen molar-refractivity contribution in [1.82, 2.24) is 4.98 Å². The standard InChI is InChI=1S/C13H20N2/c1-10(2)8-11-4-3-5-12(15-11)13(9-14)6-7-13/h3-5,10H,6-9,14H2,1-2H3. The van der Waals surface area contributed by atoms with Crippen LogP contribution in [0.15, 0.2) is 18.2 Å². The molecule has 0 aliphatic heterocycles. The number of aromatic nitrogens is 1. The summed E-state index contributed by atoms with van der Waals surface area (Å²) in [5.74, 6) is 0.667. The van der Waals surface area contributed by atoms with Crippen molar-refractivity contribution in [2.45, 2.75) is 38.5 Å². The molecule has 2 nitrogen and oxygen atoms in total. The molecule has 1 heterocycles. The zero-order valence-corrected chi connectivity index (χ0v) is 9.66. The number of pyridine rings is 1. The quantitative estimate of drug-likeness (QED) is 0.817. The predicted octanol–water partition coefficient (Wildman–Crippen LogP) is 2.27. The fourth-order valence-electron chi connectivity index (χ4n) is 2.02. The van der Waals surface area contributed by atoms with Crippen molar-refractivity contribution in [3.8, 4) is 0 Å². The summed E-state index contributed by atoms with van der Waals surface area (Å²) in [4.78, 5) is 4.74. The summed E-state index contributed by atoms with van der Waals surface area (Å²) >= 11 is 0. The lowest BCUT2D eigenvalue weighted by Gasteiger charge is -2.13. The average Bonchev–Trinajstić information content (AvgIpc) is 2.97. The Kier molecular flexibility index (Phi) is 2.79. The third kappa shape index (κ3) is 2.20. The minimum Gasteiger partial charge on any atom is -0.330 e. The molecule has 0 aromatic carbocycles. The number of rotatable bonds is 4. The topological polar surface area (TPSA) is 38.9 Å². The fraction of sp³-hybridized carbons (Fsp3) is 0.615. The second kappa shape index (κ2) is 3.93. The molecule has 1 saturated carbocycles. The molecular formula is C13H20N2. The van der Waals surface area contributed by atoms with Gasteiger partial charge in [-0.05, 0) is 37.3 Å². The number of nitrogens with two attached hydrogens (primary N) is 1. The molecule has 0 unspecified atom stereocenters. The van der Waals surface area contributed by atoms with E-state index in [4.69, 9.17) is 10.7 Å². The lowest BCUT2D eigenvalue weighted by Crippen LogP contribution is -2.21. The van der Waals surface area contributed by atoms with Crippen LogP contribution in [0.3, 0.4) is 0 Å². The van der Waals surface area contributed by atoms with Gasteiger partial charge in [0, 0.05) is 23.3 Å². The van der Waals surface area contributed by atoms with Crippen molar-refractivity contribution >= 4 is 0 Å². The molecule has 0 amide bonds. The molecule has 1 aliphatic carbocycles. The van der Waals surface area contributed by atoms with E-state index in [1.54, 1.807) is 0 Å². The van der Waals surface area contributed by atoms with Crippen LogP contribution >= 0.6 is 0 Å². The van der Waals surface area contributed by atoms with Crippen LogP contribution in [0.2, 0.25) is 0 Å². The summed E-state index contributed by atoms with van der Waals surface area (Å²) in [6, 6.07) is 6.37. The van der Waals surface area contributed by atoms with Gasteiger partial charge in [-0.3, -0.25) is 4.98 Å². The molecule has 1 aromatic heterocycles. The first-order valence-corrected chi connectivity index (χ1v) is 5.83. The molecule has 0 atom stereocenters. The zero-order chi connectivity index (χ0) is 10.9. The Balaban J connectivity index is 2.19. The van der Waals surface area contributed by atoms with E-state index < -0.39 is 0 Å². The van der Waals surface area contributed by atoms with Gasteiger partial charge in [-0.25, -0.2) is 0 Å². The first-order valence-electron chi connectivity index (χ1n) is 5.83. The van der Waals surface area contributed by atoms with Crippen molar-refractivity contribution in [2.75, 3.05) is 6.54 Å². The van der Waals surface area contributed by atoms with E-state index in [1.165, 1.54) is 24.2 Å². The molecule has 0 radical (unpaired) electrons. The Bertz CT molecular complexity index is 340. The third-order valence-electron chi connectivity index (χ3n) is 3.21. The maximum Gasteiger partial charge on any atom is 0.0481 e. The van der Waals surface area contributed by atoms with Gasteiger partial charge in [0.2, 0.25) is 0 Å². The van der Waals surface area contributed by atoms with Crippen LogP contribution in [0.1, 0.15) is 38.1 Å². The minimum absolute atomic E-state index is 0.229. The molecule has 1 aliphatic rings. The number of nitrogens with zero attached hydrogens (tertiary/aromatic N) is 1. The van der Waals surface area contributed by atoms with Crippen LogP contribution in [0, 0.1) is 5.92 Å². The molecule has 1 fully saturated rings. The molecule has 15 heavy (non-hydrogen) atoms. The maximum absolute atomic E-state index is 5.81. The molecule has 0 bridgehead atoms. The van der Waals surface area contributed by atoms with Crippen LogP contribution < -0.4 is 5.73 Å². The summed E-state index contributed by atoms with van der Waals surface area (Å²) in [7, 11) is 0. The van der Waals surface area contributed by atoms with Gasteiger partial charge in [-0.15, -0.1) is 0 Å². The summed E-state index contributed by atoms with van der Waals surface area (Å²) < 4.78 is 0. The van der Waals surface area contributed by atoms with Crippen molar-refractivity contribution in [1.29, 1.82) is 0 Å². The van der Waals surface area contributed by atoms with Gasteiger partial charge in [0.05, 0.1) is 0 Å². The number of hydrogen-bond donors (Lipinski definition) is 1. The van der Waals surface area contributed by atoms with E-state index in [0.29, 0.717) is 5.92 Å². The third-order valence-corrected chi connectivity index (χ3v) is 3.21. The first-order chi connectivity index (χ1) is 7.16. The van der Waals surface area contributed by atoms with E-state index in [2.05, 4.69) is 32.0 Å². The fourth-order valence-corrected chi connectivity index (χ4v) is 2.02. The van der Waals surface area contributed by atoms with Crippen LogP contribution in [0.25, 0.3) is 0 Å². The second-order valence-corrected chi connectivity index (χ2v) is 5.10. The molecule has 2 heteroatoms. The molecular weight excluding hydrogens is 184 g/mol. The van der Waals surface area contributed by atoms with Gasteiger partial charge in [-0.1, -0.05) is 19.9 Å². The van der Waals surface area contributed by atoms with Crippen LogP contribution in [-0.4, -0.2) is 11.5 Å². The van der Waals surface area contributed by atoms with Crippen LogP contribution in [-0.2, 0) is 11.8 Å². The van der Waals surface area contributed by atoms with E-state index in [0.717, 1.165) is 13.0 Å². The lowest BCUT2D eigenvalue weighted by atomic mass is 10.0. The largest absolute Gasteiger partial charge is 0.330 e. The van der Waals surface area contributed by atoms with Gasteiger partial charge in [-0.2, -0.15) is 0 Å². The first kappa shape index (κ1) is 10.6. The van der Waals surface area contributed by atoms with Gasteiger partial charge in [0.15, 0.2) is 0 Å². The summed E-state index contributed by atoms with van der Waals surface area (Å²) in [5, 5.41) is 0. The molecule has 82 valence electrons. The van der Waals surface area contributed by atoms with Gasteiger partial charge in [0.1, 0.15) is 0 Å². The van der Waals surface area contributed by atoms with Crippen molar-refractivity contribution in [3.63, 3.8) is 0 Å². The highest BCUT2D eigenvalue weighted by Crippen LogP contribution is 2.46. The minimum atomic E-state index is 0.229. The van der Waals surface area contributed by atoms with E-state index in [9.17, 15) is 0 Å². The van der Waals surface area contributed by atoms with Crippen molar-refractivity contribution < 1.29 is 0 Å². The molecule has 0 spiro atoms. The lowest BCUT2D eigenvalue weighted by molar-refractivity contribution is 0.619. The summed E-state index contributed by atoms with van der Waals surface area (Å²) in [6.45, 7) is 5.19. The Morgan fingerprint density at radius 2 is 2.13 bits per heavy atom. The SMILES string of the molecule is CC(C)Cc1cccc(C2(CN)CC2)n1. The Hall–Kier alpha value is -0.890. The van der Waals surface area contributed by atoms with E-state index in [1.807, 2.05) is 0 Å². The Morgan fingerprint density at radius 1 is 1.40 bits per heavy atom. The summed E-state index contributed by atoms with van der Waals surface area (Å²) in [6.07, 6.45) is 3.48. The van der Waals surface area contributed by atoms with Crippen LogP contribution in [0.5, 0.6) is 0 Å². The molecule has 2 N–H and O–H groups in total.